The lowest BCUT2D eigenvalue weighted by atomic mass is 10.0. The SMILES string of the molecule is CCC(N)Cc1cc(F)cc(OCCCN(C)C)c1. The standard InChI is InChI=1S/C15H25FN2O/c1-4-14(17)9-12-8-13(16)11-15(10-12)19-7-5-6-18(2)3/h8,10-11,14H,4-7,9,17H2,1-3H3. The van der Waals surface area contributed by atoms with E-state index in [1.807, 2.05) is 27.1 Å². The van der Waals surface area contributed by atoms with Crippen LogP contribution in [0.15, 0.2) is 18.2 Å². The fourth-order valence-electron chi connectivity index (χ4n) is 1.84. The zero-order chi connectivity index (χ0) is 14.3. The van der Waals surface area contributed by atoms with E-state index < -0.39 is 0 Å². The summed E-state index contributed by atoms with van der Waals surface area (Å²) in [5, 5.41) is 0. The first-order valence-electron chi connectivity index (χ1n) is 6.83. The molecule has 0 aromatic heterocycles. The van der Waals surface area contributed by atoms with Crippen molar-refractivity contribution in [2.24, 2.45) is 5.73 Å². The van der Waals surface area contributed by atoms with Gasteiger partial charge in [0.05, 0.1) is 6.61 Å². The van der Waals surface area contributed by atoms with Gasteiger partial charge >= 0.3 is 0 Å². The lowest BCUT2D eigenvalue weighted by Gasteiger charge is -2.13. The van der Waals surface area contributed by atoms with E-state index >= 15 is 0 Å². The maximum atomic E-state index is 13.5. The smallest absolute Gasteiger partial charge is 0.127 e. The number of halogens is 1. The third kappa shape index (κ3) is 6.55. The normalized spacial score (nSPS) is 12.7. The maximum Gasteiger partial charge on any atom is 0.127 e. The van der Waals surface area contributed by atoms with E-state index in [0.717, 1.165) is 24.9 Å². The van der Waals surface area contributed by atoms with Crippen molar-refractivity contribution in [2.45, 2.75) is 32.2 Å². The van der Waals surface area contributed by atoms with Gasteiger partial charge in [0.15, 0.2) is 0 Å². The van der Waals surface area contributed by atoms with Gasteiger partial charge in [-0.2, -0.15) is 0 Å². The van der Waals surface area contributed by atoms with Crippen LogP contribution in [0.2, 0.25) is 0 Å². The van der Waals surface area contributed by atoms with Gasteiger partial charge in [-0.25, -0.2) is 4.39 Å². The zero-order valence-electron chi connectivity index (χ0n) is 12.2. The van der Waals surface area contributed by atoms with Crippen molar-refractivity contribution in [1.29, 1.82) is 0 Å². The fourth-order valence-corrected chi connectivity index (χ4v) is 1.84. The number of nitrogens with zero attached hydrogens (tertiary/aromatic N) is 1. The van der Waals surface area contributed by atoms with E-state index in [0.29, 0.717) is 18.8 Å². The van der Waals surface area contributed by atoms with E-state index in [1.54, 1.807) is 0 Å². The first-order valence-corrected chi connectivity index (χ1v) is 6.83. The maximum absolute atomic E-state index is 13.5. The molecule has 1 aromatic carbocycles. The third-order valence-electron chi connectivity index (χ3n) is 2.97. The minimum atomic E-state index is -0.261. The molecule has 1 rings (SSSR count). The van der Waals surface area contributed by atoms with Crippen LogP contribution in [0, 0.1) is 5.82 Å². The van der Waals surface area contributed by atoms with E-state index in [1.165, 1.54) is 12.1 Å². The molecule has 108 valence electrons. The summed E-state index contributed by atoms with van der Waals surface area (Å²) in [5.74, 6) is 0.334. The number of nitrogens with two attached hydrogens (primary N) is 1. The van der Waals surface area contributed by atoms with Gasteiger partial charge in [0.1, 0.15) is 11.6 Å². The van der Waals surface area contributed by atoms with Crippen LogP contribution in [0.4, 0.5) is 4.39 Å². The summed E-state index contributed by atoms with van der Waals surface area (Å²) in [7, 11) is 4.04. The first kappa shape index (κ1) is 15.9. The van der Waals surface area contributed by atoms with Crippen molar-refractivity contribution >= 4 is 0 Å². The van der Waals surface area contributed by atoms with Crippen molar-refractivity contribution in [3.8, 4) is 5.75 Å². The van der Waals surface area contributed by atoms with Crippen molar-refractivity contribution in [2.75, 3.05) is 27.2 Å². The average molecular weight is 268 g/mol. The monoisotopic (exact) mass is 268 g/mol. The Bertz CT molecular complexity index is 382. The van der Waals surface area contributed by atoms with Gasteiger partial charge < -0.3 is 15.4 Å². The van der Waals surface area contributed by atoms with Crippen LogP contribution in [0.1, 0.15) is 25.3 Å². The van der Waals surface area contributed by atoms with Gasteiger partial charge in [0, 0.05) is 18.7 Å². The van der Waals surface area contributed by atoms with Gasteiger partial charge in [-0.15, -0.1) is 0 Å². The van der Waals surface area contributed by atoms with Crippen molar-refractivity contribution in [3.05, 3.63) is 29.6 Å². The second-order valence-corrected chi connectivity index (χ2v) is 5.17. The van der Waals surface area contributed by atoms with E-state index in [9.17, 15) is 4.39 Å². The Kier molecular flexibility index (Phi) is 6.81. The molecule has 0 saturated heterocycles. The lowest BCUT2D eigenvalue weighted by molar-refractivity contribution is 0.280. The van der Waals surface area contributed by atoms with Gasteiger partial charge in [0.25, 0.3) is 0 Å². The Morgan fingerprint density at radius 1 is 1.32 bits per heavy atom. The minimum absolute atomic E-state index is 0.0726. The highest BCUT2D eigenvalue weighted by Crippen LogP contribution is 2.18. The molecule has 0 fully saturated rings. The van der Waals surface area contributed by atoms with Crippen LogP contribution in [-0.4, -0.2) is 38.2 Å². The van der Waals surface area contributed by atoms with Gasteiger partial charge in [-0.3, -0.25) is 0 Å². The molecule has 0 radical (unpaired) electrons. The second-order valence-electron chi connectivity index (χ2n) is 5.17. The Morgan fingerprint density at radius 2 is 2.05 bits per heavy atom. The van der Waals surface area contributed by atoms with Crippen molar-refractivity contribution in [1.82, 2.24) is 4.90 Å². The molecule has 3 nitrogen and oxygen atoms in total. The lowest BCUT2D eigenvalue weighted by Crippen LogP contribution is -2.21. The summed E-state index contributed by atoms with van der Waals surface area (Å²) >= 11 is 0. The third-order valence-corrected chi connectivity index (χ3v) is 2.97. The molecule has 2 N–H and O–H groups in total. The van der Waals surface area contributed by atoms with Crippen LogP contribution in [0.3, 0.4) is 0 Å². The molecule has 1 atom stereocenters. The fraction of sp³-hybridized carbons (Fsp3) is 0.600. The Labute approximate surface area is 115 Å². The molecule has 0 amide bonds. The molecule has 4 heteroatoms. The minimum Gasteiger partial charge on any atom is -0.493 e. The molecule has 1 aromatic rings. The first-order chi connectivity index (χ1) is 9.01. The Morgan fingerprint density at radius 3 is 2.68 bits per heavy atom. The predicted molar refractivity (Wildman–Crippen MR) is 77.0 cm³/mol. The van der Waals surface area contributed by atoms with Crippen molar-refractivity contribution < 1.29 is 9.13 Å². The molecule has 19 heavy (non-hydrogen) atoms. The van der Waals surface area contributed by atoms with E-state index in [-0.39, 0.29) is 11.9 Å². The average Bonchev–Trinajstić information content (AvgIpc) is 2.33. The Hall–Kier alpha value is -1.13. The molecule has 0 aliphatic heterocycles. The summed E-state index contributed by atoms with van der Waals surface area (Å²) in [5.41, 5.74) is 6.79. The summed E-state index contributed by atoms with van der Waals surface area (Å²) in [6.45, 7) is 3.59. The second kappa shape index (κ2) is 8.12. The summed E-state index contributed by atoms with van der Waals surface area (Å²) in [6, 6.07) is 4.91. The number of ether oxygens (including phenoxy) is 1. The molecule has 0 saturated carbocycles. The molecule has 0 aliphatic rings. The number of benzene rings is 1. The quantitative estimate of drug-likeness (QED) is 0.736. The summed E-state index contributed by atoms with van der Waals surface area (Å²) < 4.78 is 19.1. The van der Waals surface area contributed by atoms with Gasteiger partial charge in [-0.1, -0.05) is 6.92 Å². The van der Waals surface area contributed by atoms with Gasteiger partial charge in [0.2, 0.25) is 0 Å². The predicted octanol–water partition coefficient (Wildman–Crippen LogP) is 2.44. The molecule has 0 bridgehead atoms. The molecular formula is C15H25FN2O. The number of hydrogen-bond acceptors (Lipinski definition) is 3. The topological polar surface area (TPSA) is 38.5 Å². The van der Waals surface area contributed by atoms with E-state index in [2.05, 4.69) is 4.90 Å². The Balaban J connectivity index is 2.53. The number of rotatable bonds is 8. The van der Waals surface area contributed by atoms with E-state index in [4.69, 9.17) is 10.5 Å². The van der Waals surface area contributed by atoms with Crippen LogP contribution in [0.25, 0.3) is 0 Å². The molecular weight excluding hydrogens is 243 g/mol. The van der Waals surface area contributed by atoms with Crippen LogP contribution in [-0.2, 0) is 6.42 Å². The summed E-state index contributed by atoms with van der Waals surface area (Å²) in [4.78, 5) is 2.10. The zero-order valence-corrected chi connectivity index (χ0v) is 12.2. The molecule has 0 spiro atoms. The highest BCUT2D eigenvalue weighted by molar-refractivity contribution is 5.30. The highest BCUT2D eigenvalue weighted by Gasteiger charge is 2.06. The van der Waals surface area contributed by atoms with Crippen molar-refractivity contribution in [3.63, 3.8) is 0 Å². The van der Waals surface area contributed by atoms with Gasteiger partial charge in [-0.05, 0) is 51.1 Å². The largest absolute Gasteiger partial charge is 0.493 e. The molecule has 0 aliphatic carbocycles. The molecule has 0 heterocycles. The van der Waals surface area contributed by atoms with Crippen LogP contribution >= 0.6 is 0 Å². The van der Waals surface area contributed by atoms with Crippen LogP contribution in [0.5, 0.6) is 5.75 Å². The molecule has 1 unspecified atom stereocenters. The summed E-state index contributed by atoms with van der Waals surface area (Å²) in [6.07, 6.45) is 2.49. The van der Waals surface area contributed by atoms with Crippen LogP contribution < -0.4 is 10.5 Å². The highest BCUT2D eigenvalue weighted by atomic mass is 19.1. The number of hydrogen-bond donors (Lipinski definition) is 1.